The monoisotopic (exact) mass is 324 g/mol. The van der Waals surface area contributed by atoms with Crippen LogP contribution in [0.15, 0.2) is 41.3 Å². The minimum absolute atomic E-state index is 0.0918. The summed E-state index contributed by atoms with van der Waals surface area (Å²) in [5.74, 6) is -1.75. The van der Waals surface area contributed by atoms with Crippen molar-refractivity contribution in [1.82, 2.24) is 9.55 Å². The second-order valence-corrected chi connectivity index (χ2v) is 6.13. The molecule has 2 heterocycles. The van der Waals surface area contributed by atoms with Gasteiger partial charge in [0, 0.05) is 19.3 Å². The van der Waals surface area contributed by atoms with Crippen LogP contribution >= 0.6 is 11.3 Å². The van der Waals surface area contributed by atoms with Crippen molar-refractivity contribution < 1.29 is 4.79 Å². The SMILES string of the molecule is Cn1ccc(-c2ccc3nc(C(C#N)C(N)=O)sc3c2)cc1=O. The number of thiazole rings is 1. The second-order valence-electron chi connectivity index (χ2n) is 5.06. The summed E-state index contributed by atoms with van der Waals surface area (Å²) in [4.78, 5) is 27.3. The lowest BCUT2D eigenvalue weighted by molar-refractivity contribution is -0.118. The van der Waals surface area contributed by atoms with E-state index in [0.29, 0.717) is 10.5 Å². The van der Waals surface area contributed by atoms with E-state index >= 15 is 0 Å². The maximum absolute atomic E-state index is 11.7. The van der Waals surface area contributed by atoms with E-state index in [4.69, 9.17) is 11.0 Å². The van der Waals surface area contributed by atoms with E-state index in [1.807, 2.05) is 24.3 Å². The Hall–Kier alpha value is -2.98. The number of hydrogen-bond donors (Lipinski definition) is 1. The fraction of sp³-hybridized carbons (Fsp3) is 0.125. The first-order valence-electron chi connectivity index (χ1n) is 6.76. The van der Waals surface area contributed by atoms with E-state index in [-0.39, 0.29) is 5.56 Å². The summed E-state index contributed by atoms with van der Waals surface area (Å²) in [5.41, 5.74) is 7.50. The van der Waals surface area contributed by atoms with E-state index in [0.717, 1.165) is 15.8 Å². The number of nitriles is 1. The molecular formula is C16H12N4O2S. The molecule has 23 heavy (non-hydrogen) atoms. The quantitative estimate of drug-likeness (QED) is 0.793. The summed E-state index contributed by atoms with van der Waals surface area (Å²) < 4.78 is 2.33. The van der Waals surface area contributed by atoms with Gasteiger partial charge in [-0.05, 0) is 29.3 Å². The van der Waals surface area contributed by atoms with E-state index in [9.17, 15) is 9.59 Å². The lowest BCUT2D eigenvalue weighted by Crippen LogP contribution is -2.19. The first-order valence-corrected chi connectivity index (χ1v) is 7.57. The molecule has 1 amide bonds. The highest BCUT2D eigenvalue weighted by atomic mass is 32.1. The number of aryl methyl sites for hydroxylation is 1. The van der Waals surface area contributed by atoms with Crippen molar-refractivity contribution in [2.45, 2.75) is 5.92 Å². The zero-order valence-corrected chi connectivity index (χ0v) is 13.0. The van der Waals surface area contributed by atoms with Crippen LogP contribution in [0.25, 0.3) is 21.3 Å². The number of carbonyl (C=O) groups is 1. The Morgan fingerprint density at radius 3 is 2.74 bits per heavy atom. The van der Waals surface area contributed by atoms with Gasteiger partial charge < -0.3 is 10.3 Å². The van der Waals surface area contributed by atoms with Crippen LogP contribution < -0.4 is 11.3 Å². The van der Waals surface area contributed by atoms with Crippen LogP contribution in [0.4, 0.5) is 0 Å². The smallest absolute Gasteiger partial charge is 0.250 e. The number of primary amides is 1. The number of rotatable bonds is 3. The number of nitrogens with two attached hydrogens (primary N) is 1. The van der Waals surface area contributed by atoms with Crippen molar-refractivity contribution >= 4 is 27.5 Å². The molecule has 0 fully saturated rings. The van der Waals surface area contributed by atoms with Gasteiger partial charge in [-0.15, -0.1) is 11.3 Å². The van der Waals surface area contributed by atoms with Crippen LogP contribution in [0.2, 0.25) is 0 Å². The van der Waals surface area contributed by atoms with Crippen molar-refractivity contribution in [2.24, 2.45) is 12.8 Å². The fourth-order valence-corrected chi connectivity index (χ4v) is 3.27. The number of aromatic nitrogens is 2. The topological polar surface area (TPSA) is 102 Å². The van der Waals surface area contributed by atoms with Gasteiger partial charge in [0.1, 0.15) is 5.01 Å². The van der Waals surface area contributed by atoms with E-state index in [1.54, 1.807) is 25.4 Å². The summed E-state index contributed by atoms with van der Waals surface area (Å²) in [6.07, 6.45) is 1.71. The van der Waals surface area contributed by atoms with E-state index in [1.165, 1.54) is 15.9 Å². The molecule has 2 N–H and O–H groups in total. The lowest BCUT2D eigenvalue weighted by atomic mass is 10.1. The van der Waals surface area contributed by atoms with Gasteiger partial charge in [0.2, 0.25) is 5.91 Å². The third kappa shape index (κ3) is 2.72. The Bertz CT molecular complexity index is 1010. The normalized spacial score (nSPS) is 12.0. The molecule has 1 atom stereocenters. The lowest BCUT2D eigenvalue weighted by Gasteiger charge is -2.02. The zero-order chi connectivity index (χ0) is 16.6. The molecule has 6 nitrogen and oxygen atoms in total. The predicted molar refractivity (Wildman–Crippen MR) is 87.8 cm³/mol. The first kappa shape index (κ1) is 14.9. The first-order chi connectivity index (χ1) is 11.0. The van der Waals surface area contributed by atoms with Gasteiger partial charge in [-0.1, -0.05) is 6.07 Å². The number of nitrogens with zero attached hydrogens (tertiary/aromatic N) is 3. The molecule has 3 rings (SSSR count). The number of hydrogen-bond acceptors (Lipinski definition) is 5. The minimum Gasteiger partial charge on any atom is -0.368 e. The van der Waals surface area contributed by atoms with Crippen LogP contribution in [0, 0.1) is 11.3 Å². The van der Waals surface area contributed by atoms with Crippen molar-refractivity contribution in [3.05, 3.63) is 51.9 Å². The molecule has 7 heteroatoms. The number of benzene rings is 1. The summed E-state index contributed by atoms with van der Waals surface area (Å²) in [5, 5.41) is 9.43. The summed E-state index contributed by atoms with van der Waals surface area (Å²) in [6, 6.07) is 10.8. The molecule has 0 bridgehead atoms. The van der Waals surface area contributed by atoms with Crippen molar-refractivity contribution in [1.29, 1.82) is 5.26 Å². The van der Waals surface area contributed by atoms with Crippen LogP contribution in [-0.2, 0) is 11.8 Å². The Kier molecular flexibility index (Phi) is 3.68. The van der Waals surface area contributed by atoms with Gasteiger partial charge in [0.15, 0.2) is 5.92 Å². The number of amides is 1. The van der Waals surface area contributed by atoms with Crippen LogP contribution in [0.1, 0.15) is 10.9 Å². The molecule has 1 unspecified atom stereocenters. The molecule has 0 saturated carbocycles. The highest BCUT2D eigenvalue weighted by molar-refractivity contribution is 7.18. The van der Waals surface area contributed by atoms with Crippen LogP contribution in [-0.4, -0.2) is 15.5 Å². The standard InChI is InChI=1S/C16H12N4O2S/c1-20-5-4-10(7-14(20)21)9-2-3-12-13(6-9)23-16(19-12)11(8-17)15(18)22/h2-7,11H,1H3,(H2,18,22). The van der Waals surface area contributed by atoms with Crippen LogP contribution in [0.5, 0.6) is 0 Å². The molecule has 0 aliphatic carbocycles. The highest BCUT2D eigenvalue weighted by Crippen LogP contribution is 2.30. The Balaban J connectivity index is 2.09. The van der Waals surface area contributed by atoms with E-state index in [2.05, 4.69) is 4.98 Å². The van der Waals surface area contributed by atoms with Gasteiger partial charge in [0.05, 0.1) is 16.3 Å². The second kappa shape index (κ2) is 5.66. The van der Waals surface area contributed by atoms with E-state index < -0.39 is 11.8 Å². The van der Waals surface area contributed by atoms with Crippen LogP contribution in [0.3, 0.4) is 0 Å². The van der Waals surface area contributed by atoms with Crippen molar-refractivity contribution in [3.63, 3.8) is 0 Å². The predicted octanol–water partition coefficient (Wildman–Crippen LogP) is 1.75. The van der Waals surface area contributed by atoms with Crippen molar-refractivity contribution in [3.8, 4) is 17.2 Å². The van der Waals surface area contributed by atoms with Gasteiger partial charge >= 0.3 is 0 Å². The summed E-state index contributed by atoms with van der Waals surface area (Å²) in [6.45, 7) is 0. The van der Waals surface area contributed by atoms with Gasteiger partial charge in [-0.25, -0.2) is 4.98 Å². The molecule has 114 valence electrons. The maximum atomic E-state index is 11.7. The number of carbonyl (C=O) groups excluding carboxylic acids is 1. The zero-order valence-electron chi connectivity index (χ0n) is 12.2. The average molecular weight is 324 g/mol. The fourth-order valence-electron chi connectivity index (χ4n) is 2.21. The molecule has 3 aromatic rings. The highest BCUT2D eigenvalue weighted by Gasteiger charge is 2.21. The molecule has 1 aromatic carbocycles. The number of fused-ring (bicyclic) bond motifs is 1. The molecule has 0 aliphatic rings. The Morgan fingerprint density at radius 1 is 1.35 bits per heavy atom. The molecule has 2 aromatic heterocycles. The third-order valence-corrected chi connectivity index (χ3v) is 4.59. The van der Waals surface area contributed by atoms with Crippen molar-refractivity contribution in [2.75, 3.05) is 0 Å². The summed E-state index contributed by atoms with van der Waals surface area (Å²) >= 11 is 1.26. The minimum atomic E-state index is -1.04. The Morgan fingerprint density at radius 2 is 2.09 bits per heavy atom. The van der Waals surface area contributed by atoms with Gasteiger partial charge in [0.25, 0.3) is 5.56 Å². The molecule has 0 saturated heterocycles. The molecular weight excluding hydrogens is 312 g/mol. The summed E-state index contributed by atoms with van der Waals surface area (Å²) in [7, 11) is 1.69. The van der Waals surface area contributed by atoms with Gasteiger partial charge in [-0.2, -0.15) is 5.26 Å². The maximum Gasteiger partial charge on any atom is 0.250 e. The molecule has 0 radical (unpaired) electrons. The number of pyridine rings is 1. The average Bonchev–Trinajstić information content (AvgIpc) is 2.92. The largest absolute Gasteiger partial charge is 0.368 e. The third-order valence-electron chi connectivity index (χ3n) is 3.50. The Labute approximate surface area is 135 Å². The molecule has 0 spiro atoms. The van der Waals surface area contributed by atoms with Gasteiger partial charge in [-0.3, -0.25) is 9.59 Å². The molecule has 0 aliphatic heterocycles.